The van der Waals surface area contributed by atoms with Gasteiger partial charge in [0.2, 0.25) is 5.91 Å². The first-order valence-corrected chi connectivity index (χ1v) is 10.3. The van der Waals surface area contributed by atoms with Crippen LogP contribution in [0.1, 0.15) is 34.4 Å². The number of aromatic amines is 1. The van der Waals surface area contributed by atoms with Crippen LogP contribution >= 0.6 is 11.3 Å². The standard InChI is InChI=1S/C22H18N4O4S/c1-13(27)23-22-24-15(12-31-22)11-30-21(29)16-7-3-2-6-14(16)10-19-25-18-9-5-4-8-17(18)20(28)26-19/h2-9,12H,10-11H2,1H3,(H,23,24,27)(H,25,26,28). The number of amides is 1. The number of aromatic nitrogens is 3. The minimum Gasteiger partial charge on any atom is -0.456 e. The number of thiazole rings is 1. The highest BCUT2D eigenvalue weighted by Gasteiger charge is 2.15. The summed E-state index contributed by atoms with van der Waals surface area (Å²) in [6.45, 7) is 1.38. The van der Waals surface area contributed by atoms with Gasteiger partial charge in [0.15, 0.2) is 5.13 Å². The molecule has 0 unspecified atom stereocenters. The maximum Gasteiger partial charge on any atom is 0.338 e. The second-order valence-electron chi connectivity index (χ2n) is 6.77. The lowest BCUT2D eigenvalue weighted by Gasteiger charge is -2.09. The minimum absolute atomic E-state index is 0.0195. The average Bonchev–Trinajstić information content (AvgIpc) is 3.19. The molecule has 0 spiro atoms. The first-order chi connectivity index (χ1) is 15.0. The number of carbonyl (C=O) groups excluding carboxylic acids is 2. The predicted molar refractivity (Wildman–Crippen MR) is 117 cm³/mol. The van der Waals surface area contributed by atoms with Gasteiger partial charge in [-0.3, -0.25) is 9.59 Å². The number of hydrogen-bond acceptors (Lipinski definition) is 7. The van der Waals surface area contributed by atoms with Crippen molar-refractivity contribution in [2.24, 2.45) is 0 Å². The van der Waals surface area contributed by atoms with Crippen molar-refractivity contribution in [3.05, 3.63) is 86.9 Å². The molecule has 4 aromatic rings. The highest BCUT2D eigenvalue weighted by molar-refractivity contribution is 7.13. The molecular formula is C22H18N4O4S. The molecule has 2 aromatic carbocycles. The van der Waals surface area contributed by atoms with Crippen LogP contribution in [0.15, 0.2) is 58.7 Å². The summed E-state index contributed by atoms with van der Waals surface area (Å²) in [7, 11) is 0. The van der Waals surface area contributed by atoms with E-state index >= 15 is 0 Å². The van der Waals surface area contributed by atoms with Crippen LogP contribution in [0.5, 0.6) is 0 Å². The van der Waals surface area contributed by atoms with E-state index in [1.54, 1.807) is 41.8 Å². The molecule has 2 N–H and O–H groups in total. The maximum atomic E-state index is 12.7. The number of ether oxygens (including phenoxy) is 1. The molecule has 0 aliphatic rings. The van der Waals surface area contributed by atoms with Crippen molar-refractivity contribution in [1.29, 1.82) is 0 Å². The van der Waals surface area contributed by atoms with Gasteiger partial charge in [-0.2, -0.15) is 0 Å². The molecule has 2 aromatic heterocycles. The topological polar surface area (TPSA) is 114 Å². The molecule has 0 saturated heterocycles. The number of hydrogen-bond donors (Lipinski definition) is 2. The van der Waals surface area contributed by atoms with Crippen molar-refractivity contribution in [3.63, 3.8) is 0 Å². The van der Waals surface area contributed by atoms with Gasteiger partial charge >= 0.3 is 5.97 Å². The Morgan fingerprint density at radius 2 is 1.87 bits per heavy atom. The summed E-state index contributed by atoms with van der Waals surface area (Å²) in [6.07, 6.45) is 0.273. The molecular weight excluding hydrogens is 416 g/mol. The highest BCUT2D eigenvalue weighted by atomic mass is 32.1. The summed E-state index contributed by atoms with van der Waals surface area (Å²) >= 11 is 1.26. The average molecular weight is 434 g/mol. The number of anilines is 1. The van der Waals surface area contributed by atoms with Gasteiger partial charge in [0, 0.05) is 18.7 Å². The van der Waals surface area contributed by atoms with Crippen LogP contribution in [0.2, 0.25) is 0 Å². The van der Waals surface area contributed by atoms with Crippen LogP contribution in [-0.4, -0.2) is 26.8 Å². The zero-order chi connectivity index (χ0) is 21.8. The molecule has 31 heavy (non-hydrogen) atoms. The van der Waals surface area contributed by atoms with Crippen molar-refractivity contribution in [2.75, 3.05) is 5.32 Å². The van der Waals surface area contributed by atoms with E-state index in [0.717, 1.165) is 0 Å². The number of nitrogens with zero attached hydrogens (tertiary/aromatic N) is 2. The smallest absolute Gasteiger partial charge is 0.338 e. The van der Waals surface area contributed by atoms with Crippen molar-refractivity contribution >= 4 is 39.2 Å². The van der Waals surface area contributed by atoms with E-state index in [1.165, 1.54) is 18.3 Å². The van der Waals surface area contributed by atoms with Gasteiger partial charge in [-0.1, -0.05) is 30.3 Å². The summed E-state index contributed by atoms with van der Waals surface area (Å²) in [5.74, 6) is -0.261. The third-order valence-electron chi connectivity index (χ3n) is 4.44. The molecule has 0 fully saturated rings. The molecule has 8 nitrogen and oxygen atoms in total. The Balaban J connectivity index is 1.50. The lowest BCUT2D eigenvalue weighted by molar-refractivity contribution is -0.114. The fraction of sp³-hybridized carbons (Fsp3) is 0.136. The minimum atomic E-state index is -0.507. The summed E-state index contributed by atoms with van der Waals surface area (Å²) in [6, 6.07) is 14.1. The van der Waals surface area contributed by atoms with E-state index in [2.05, 4.69) is 20.3 Å². The summed E-state index contributed by atoms with van der Waals surface area (Å²) in [5.41, 5.74) is 1.98. The molecule has 4 rings (SSSR count). The Morgan fingerprint density at radius 1 is 1.10 bits per heavy atom. The molecule has 0 atom stereocenters. The molecule has 9 heteroatoms. The highest BCUT2D eigenvalue weighted by Crippen LogP contribution is 2.18. The van der Waals surface area contributed by atoms with E-state index in [1.807, 2.05) is 12.1 Å². The third-order valence-corrected chi connectivity index (χ3v) is 5.25. The van der Waals surface area contributed by atoms with Crippen LogP contribution in [0.25, 0.3) is 10.9 Å². The Kier molecular flexibility index (Phi) is 5.85. The Labute approximate surface area is 180 Å². The second-order valence-corrected chi connectivity index (χ2v) is 7.62. The van der Waals surface area contributed by atoms with E-state index in [0.29, 0.717) is 38.7 Å². The number of para-hydroxylation sites is 1. The van der Waals surface area contributed by atoms with Crippen LogP contribution in [0, 0.1) is 0 Å². The quantitative estimate of drug-likeness (QED) is 0.450. The summed E-state index contributed by atoms with van der Waals surface area (Å²) in [5, 5.41) is 5.27. The molecule has 0 aliphatic heterocycles. The van der Waals surface area contributed by atoms with Gasteiger partial charge in [-0.05, 0) is 23.8 Å². The number of fused-ring (bicyclic) bond motifs is 1. The maximum absolute atomic E-state index is 12.7. The molecule has 1 amide bonds. The number of benzene rings is 2. The number of carbonyl (C=O) groups is 2. The van der Waals surface area contributed by atoms with Crippen LogP contribution in [0.3, 0.4) is 0 Å². The molecule has 0 bridgehead atoms. The van der Waals surface area contributed by atoms with Crippen LogP contribution in [0.4, 0.5) is 5.13 Å². The summed E-state index contributed by atoms with van der Waals surface area (Å²) < 4.78 is 5.40. The molecule has 0 saturated carbocycles. The molecule has 2 heterocycles. The van der Waals surface area contributed by atoms with E-state index in [-0.39, 0.29) is 24.5 Å². The first-order valence-electron chi connectivity index (χ1n) is 9.44. The molecule has 0 aliphatic carbocycles. The lowest BCUT2D eigenvalue weighted by Crippen LogP contribution is -2.14. The number of rotatable bonds is 6. The zero-order valence-corrected chi connectivity index (χ0v) is 17.4. The fourth-order valence-electron chi connectivity index (χ4n) is 3.07. The normalized spacial score (nSPS) is 10.7. The predicted octanol–water partition coefficient (Wildman–Crippen LogP) is 3.29. The Hall–Kier alpha value is -3.85. The number of H-pyrrole nitrogens is 1. The van der Waals surface area contributed by atoms with Crippen molar-refractivity contribution in [3.8, 4) is 0 Å². The van der Waals surface area contributed by atoms with Gasteiger partial charge in [-0.15, -0.1) is 11.3 Å². The third kappa shape index (κ3) is 4.84. The lowest BCUT2D eigenvalue weighted by atomic mass is 10.0. The van der Waals surface area contributed by atoms with Crippen molar-refractivity contribution in [1.82, 2.24) is 15.0 Å². The van der Waals surface area contributed by atoms with Crippen LogP contribution in [-0.2, 0) is 22.6 Å². The van der Waals surface area contributed by atoms with Gasteiger partial charge in [0.1, 0.15) is 12.4 Å². The SMILES string of the molecule is CC(=O)Nc1nc(COC(=O)c2ccccc2Cc2nc3ccccc3c(=O)[nH]2)cs1. The Morgan fingerprint density at radius 3 is 2.71 bits per heavy atom. The monoisotopic (exact) mass is 434 g/mol. The summed E-state index contributed by atoms with van der Waals surface area (Å²) in [4.78, 5) is 47.6. The molecule has 156 valence electrons. The van der Waals surface area contributed by atoms with Crippen molar-refractivity contribution < 1.29 is 14.3 Å². The first kappa shape index (κ1) is 20.4. The van der Waals surface area contributed by atoms with Gasteiger partial charge in [-0.25, -0.2) is 14.8 Å². The zero-order valence-electron chi connectivity index (χ0n) is 16.5. The number of esters is 1. The van der Waals surface area contributed by atoms with Crippen LogP contribution < -0.4 is 10.9 Å². The van der Waals surface area contributed by atoms with Gasteiger partial charge in [0.25, 0.3) is 5.56 Å². The Bertz CT molecular complexity index is 1330. The van der Waals surface area contributed by atoms with Crippen molar-refractivity contribution in [2.45, 2.75) is 20.0 Å². The van der Waals surface area contributed by atoms with E-state index in [9.17, 15) is 14.4 Å². The van der Waals surface area contributed by atoms with Gasteiger partial charge < -0.3 is 15.0 Å². The second kappa shape index (κ2) is 8.88. The fourth-order valence-corrected chi connectivity index (χ4v) is 3.81. The number of nitrogens with one attached hydrogen (secondary N) is 2. The molecule has 0 radical (unpaired) electrons. The van der Waals surface area contributed by atoms with E-state index in [4.69, 9.17) is 4.74 Å². The van der Waals surface area contributed by atoms with E-state index < -0.39 is 5.97 Å². The van der Waals surface area contributed by atoms with Gasteiger partial charge in [0.05, 0.1) is 22.2 Å². The largest absolute Gasteiger partial charge is 0.456 e.